The van der Waals surface area contributed by atoms with Gasteiger partial charge < -0.3 is 10.0 Å². The number of rotatable bonds is 10. The average Bonchev–Trinajstić information content (AvgIpc) is 2.78. The Morgan fingerprint density at radius 2 is 1.69 bits per heavy atom. The lowest BCUT2D eigenvalue weighted by molar-refractivity contribution is -0.128. The minimum absolute atomic E-state index is 0.0385. The van der Waals surface area contributed by atoms with Crippen molar-refractivity contribution >= 4 is 17.7 Å². The molecule has 0 saturated heterocycles. The van der Waals surface area contributed by atoms with Crippen molar-refractivity contribution in [1.82, 2.24) is 14.5 Å². The van der Waals surface area contributed by atoms with Crippen molar-refractivity contribution in [3.8, 4) is 5.88 Å². The van der Waals surface area contributed by atoms with Crippen molar-refractivity contribution in [2.24, 2.45) is 5.92 Å². The third kappa shape index (κ3) is 6.99. The van der Waals surface area contributed by atoms with E-state index in [-0.39, 0.29) is 29.0 Å². The van der Waals surface area contributed by atoms with Gasteiger partial charge in [-0.15, -0.1) is 0 Å². The summed E-state index contributed by atoms with van der Waals surface area (Å²) in [4.78, 5) is 31.4. The lowest BCUT2D eigenvalue weighted by Gasteiger charge is -2.23. The van der Waals surface area contributed by atoms with Gasteiger partial charge in [-0.3, -0.25) is 14.2 Å². The van der Waals surface area contributed by atoms with Gasteiger partial charge in [0.2, 0.25) is 11.8 Å². The van der Waals surface area contributed by atoms with Gasteiger partial charge in [0.1, 0.15) is 0 Å². The third-order valence-corrected chi connectivity index (χ3v) is 5.88. The van der Waals surface area contributed by atoms with Crippen LogP contribution in [0.2, 0.25) is 0 Å². The van der Waals surface area contributed by atoms with Crippen molar-refractivity contribution in [2.45, 2.75) is 38.5 Å². The number of hydrogen-bond acceptors (Lipinski definition) is 5. The summed E-state index contributed by atoms with van der Waals surface area (Å²) >= 11 is 1.19. The molecule has 2 aromatic carbocycles. The standard InChI is InChI=1S/C25H29N3O3S/c1-19(2)16-28-23(30)15-22(29)26-25(28)32-18-24(31)27(17-21-11-7-4-8-12-21)14-13-20-9-5-3-6-10-20/h3-12,15,19,29H,13-14,16-18H2,1-2H3. The van der Waals surface area contributed by atoms with Crippen LogP contribution in [0, 0.1) is 5.92 Å². The number of aromatic hydroxyl groups is 1. The van der Waals surface area contributed by atoms with Gasteiger partial charge in [-0.2, -0.15) is 4.98 Å². The Morgan fingerprint density at radius 1 is 1.06 bits per heavy atom. The summed E-state index contributed by atoms with van der Waals surface area (Å²) < 4.78 is 1.52. The second-order valence-corrected chi connectivity index (χ2v) is 9.01. The Kier molecular flexibility index (Phi) is 8.50. The highest BCUT2D eigenvalue weighted by atomic mass is 32.2. The number of benzene rings is 2. The average molecular weight is 452 g/mol. The van der Waals surface area contributed by atoms with Crippen molar-refractivity contribution in [2.75, 3.05) is 12.3 Å². The summed E-state index contributed by atoms with van der Waals surface area (Å²) in [5, 5.41) is 10.2. The van der Waals surface area contributed by atoms with E-state index in [2.05, 4.69) is 17.1 Å². The normalized spacial score (nSPS) is 11.0. The van der Waals surface area contributed by atoms with E-state index in [4.69, 9.17) is 0 Å². The molecule has 0 atom stereocenters. The highest BCUT2D eigenvalue weighted by Gasteiger charge is 2.17. The largest absolute Gasteiger partial charge is 0.493 e. The number of nitrogens with zero attached hydrogens (tertiary/aromatic N) is 3. The second kappa shape index (κ2) is 11.5. The van der Waals surface area contributed by atoms with Gasteiger partial charge in [-0.05, 0) is 23.5 Å². The number of carbonyl (C=O) groups excluding carboxylic acids is 1. The minimum Gasteiger partial charge on any atom is -0.493 e. The van der Waals surface area contributed by atoms with Gasteiger partial charge in [0.05, 0.1) is 11.8 Å². The van der Waals surface area contributed by atoms with E-state index in [1.165, 1.54) is 21.9 Å². The first-order chi connectivity index (χ1) is 15.4. The van der Waals surface area contributed by atoms with E-state index in [9.17, 15) is 14.7 Å². The van der Waals surface area contributed by atoms with E-state index in [0.29, 0.717) is 24.8 Å². The molecule has 3 aromatic rings. The molecule has 1 amide bonds. The van der Waals surface area contributed by atoms with Gasteiger partial charge in [0.15, 0.2) is 5.16 Å². The van der Waals surface area contributed by atoms with Crippen LogP contribution in [-0.2, 0) is 24.3 Å². The summed E-state index contributed by atoms with van der Waals surface area (Å²) in [6.07, 6.45) is 0.756. The topological polar surface area (TPSA) is 75.4 Å². The molecule has 0 radical (unpaired) electrons. The molecule has 168 valence electrons. The van der Waals surface area contributed by atoms with Crippen molar-refractivity contribution in [3.05, 3.63) is 88.2 Å². The zero-order valence-corrected chi connectivity index (χ0v) is 19.3. The molecule has 0 bridgehead atoms. The third-order valence-electron chi connectivity index (χ3n) is 4.91. The first-order valence-corrected chi connectivity index (χ1v) is 11.7. The fourth-order valence-corrected chi connectivity index (χ4v) is 4.25. The van der Waals surface area contributed by atoms with E-state index in [0.717, 1.165) is 18.1 Å². The van der Waals surface area contributed by atoms with E-state index >= 15 is 0 Å². The summed E-state index contributed by atoms with van der Waals surface area (Å²) in [5.41, 5.74) is 1.92. The van der Waals surface area contributed by atoms with Crippen LogP contribution in [0.25, 0.3) is 0 Å². The SMILES string of the molecule is CC(C)Cn1c(SCC(=O)N(CCc2ccccc2)Cc2ccccc2)nc(O)cc1=O. The molecule has 3 rings (SSSR count). The quantitative estimate of drug-likeness (QED) is 0.373. The lowest BCUT2D eigenvalue weighted by atomic mass is 10.1. The van der Waals surface area contributed by atoms with Crippen molar-refractivity contribution in [1.29, 1.82) is 0 Å². The Hall–Kier alpha value is -3.06. The molecule has 0 fully saturated rings. The highest BCUT2D eigenvalue weighted by Crippen LogP contribution is 2.19. The summed E-state index contributed by atoms with van der Waals surface area (Å²) in [7, 11) is 0. The van der Waals surface area contributed by atoms with Crippen molar-refractivity contribution < 1.29 is 9.90 Å². The van der Waals surface area contributed by atoms with Crippen LogP contribution in [0.5, 0.6) is 5.88 Å². The number of hydrogen-bond donors (Lipinski definition) is 1. The predicted octanol–water partition coefficient (Wildman–Crippen LogP) is 3.97. The van der Waals surface area contributed by atoms with Crippen LogP contribution in [0.3, 0.4) is 0 Å². The molecule has 0 aliphatic carbocycles. The maximum Gasteiger partial charge on any atom is 0.257 e. The molecule has 32 heavy (non-hydrogen) atoms. The lowest BCUT2D eigenvalue weighted by Crippen LogP contribution is -2.34. The van der Waals surface area contributed by atoms with Crippen LogP contribution < -0.4 is 5.56 Å². The Labute approximate surface area is 192 Å². The van der Waals surface area contributed by atoms with Crippen LogP contribution in [0.4, 0.5) is 0 Å². The molecule has 0 aliphatic rings. The van der Waals surface area contributed by atoms with Crippen LogP contribution in [-0.4, -0.2) is 37.8 Å². The van der Waals surface area contributed by atoms with Crippen LogP contribution in [0.1, 0.15) is 25.0 Å². The van der Waals surface area contributed by atoms with Gasteiger partial charge in [-0.1, -0.05) is 86.3 Å². The van der Waals surface area contributed by atoms with Gasteiger partial charge in [0.25, 0.3) is 5.56 Å². The van der Waals surface area contributed by atoms with Crippen LogP contribution >= 0.6 is 11.8 Å². The Bertz CT molecular complexity index is 1070. The molecule has 0 spiro atoms. The summed E-state index contributed by atoms with van der Waals surface area (Å²) in [5.74, 6) is 0.00323. The first-order valence-electron chi connectivity index (χ1n) is 10.7. The number of thioether (sulfide) groups is 1. The monoisotopic (exact) mass is 451 g/mol. The first kappa shape index (κ1) is 23.6. The van der Waals surface area contributed by atoms with E-state index in [1.807, 2.05) is 67.3 Å². The Balaban J connectivity index is 1.74. The Morgan fingerprint density at radius 3 is 2.31 bits per heavy atom. The fraction of sp³-hybridized carbons (Fsp3) is 0.320. The molecule has 7 heteroatoms. The maximum atomic E-state index is 13.2. The van der Waals surface area contributed by atoms with Crippen molar-refractivity contribution in [3.63, 3.8) is 0 Å². The second-order valence-electron chi connectivity index (χ2n) is 8.06. The number of aromatic nitrogens is 2. The predicted molar refractivity (Wildman–Crippen MR) is 128 cm³/mol. The van der Waals surface area contributed by atoms with Crippen LogP contribution in [0.15, 0.2) is 76.7 Å². The highest BCUT2D eigenvalue weighted by molar-refractivity contribution is 7.99. The zero-order chi connectivity index (χ0) is 22.9. The van der Waals surface area contributed by atoms with E-state index in [1.54, 1.807) is 0 Å². The molecule has 0 aliphatic heterocycles. The summed E-state index contributed by atoms with van der Waals surface area (Å²) in [6, 6.07) is 21.1. The van der Waals surface area contributed by atoms with Gasteiger partial charge in [-0.25, -0.2) is 0 Å². The zero-order valence-electron chi connectivity index (χ0n) is 18.5. The molecule has 1 aromatic heterocycles. The fourth-order valence-electron chi connectivity index (χ4n) is 3.34. The molecule has 1 heterocycles. The maximum absolute atomic E-state index is 13.2. The molecule has 0 saturated carbocycles. The molecule has 1 N–H and O–H groups in total. The van der Waals surface area contributed by atoms with Gasteiger partial charge >= 0.3 is 0 Å². The molecule has 0 unspecified atom stereocenters. The minimum atomic E-state index is -0.324. The van der Waals surface area contributed by atoms with Gasteiger partial charge in [0, 0.05) is 19.6 Å². The number of carbonyl (C=O) groups is 1. The molecular weight excluding hydrogens is 422 g/mol. The number of amides is 1. The summed E-state index contributed by atoms with van der Waals surface area (Å²) in [6.45, 7) is 5.59. The molecule has 6 nitrogen and oxygen atoms in total. The molecular formula is C25H29N3O3S. The smallest absolute Gasteiger partial charge is 0.257 e. The van der Waals surface area contributed by atoms with E-state index < -0.39 is 0 Å².